The maximum absolute atomic E-state index is 13.1. The van der Waals surface area contributed by atoms with Crippen molar-refractivity contribution in [2.24, 2.45) is 7.05 Å². The summed E-state index contributed by atoms with van der Waals surface area (Å²) in [5.74, 6) is -0.290. The minimum absolute atomic E-state index is 0.0291. The Kier molecular flexibility index (Phi) is 4.10. The Balaban J connectivity index is 2.04. The van der Waals surface area contributed by atoms with E-state index in [1.807, 2.05) is 23.9 Å². The summed E-state index contributed by atoms with van der Waals surface area (Å²) in [4.78, 5) is 0. The number of hydrogen-bond donors (Lipinski definition) is 1. The zero-order chi connectivity index (χ0) is 13.0. The fourth-order valence-electron chi connectivity index (χ4n) is 2.09. The van der Waals surface area contributed by atoms with Crippen molar-refractivity contribution in [2.75, 3.05) is 6.61 Å². The minimum Gasteiger partial charge on any atom is -0.396 e. The van der Waals surface area contributed by atoms with Gasteiger partial charge >= 0.3 is 0 Å². The first-order valence-corrected chi connectivity index (χ1v) is 6.04. The maximum atomic E-state index is 13.1. The van der Waals surface area contributed by atoms with Crippen LogP contribution in [-0.4, -0.2) is 21.5 Å². The van der Waals surface area contributed by atoms with Gasteiger partial charge < -0.3 is 5.11 Å². The van der Waals surface area contributed by atoms with Crippen LogP contribution in [0.25, 0.3) is 0 Å². The van der Waals surface area contributed by atoms with Crippen LogP contribution < -0.4 is 0 Å². The van der Waals surface area contributed by atoms with E-state index in [9.17, 15) is 9.50 Å². The van der Waals surface area contributed by atoms with Crippen LogP contribution in [-0.2, 0) is 13.5 Å². The molecule has 0 radical (unpaired) electrons. The van der Waals surface area contributed by atoms with Crippen LogP contribution in [0.1, 0.15) is 23.6 Å². The molecule has 0 saturated heterocycles. The van der Waals surface area contributed by atoms with E-state index in [0.29, 0.717) is 0 Å². The van der Waals surface area contributed by atoms with Crippen molar-refractivity contribution < 1.29 is 9.50 Å². The van der Waals surface area contributed by atoms with Crippen molar-refractivity contribution in [2.45, 2.75) is 18.8 Å². The predicted molar refractivity (Wildman–Crippen MR) is 67.8 cm³/mol. The van der Waals surface area contributed by atoms with Crippen LogP contribution >= 0.6 is 0 Å². The third-order valence-electron chi connectivity index (χ3n) is 3.21. The molecule has 0 aliphatic rings. The van der Waals surface area contributed by atoms with Gasteiger partial charge in [-0.1, -0.05) is 12.1 Å². The lowest BCUT2D eigenvalue weighted by Gasteiger charge is -2.14. The van der Waals surface area contributed by atoms with Crippen molar-refractivity contribution in [1.82, 2.24) is 9.78 Å². The molecule has 0 aliphatic carbocycles. The first kappa shape index (κ1) is 12.8. The normalized spacial score (nSPS) is 12.6. The molecule has 0 fully saturated rings. The van der Waals surface area contributed by atoms with E-state index >= 15 is 0 Å². The molecule has 0 spiro atoms. The summed E-state index contributed by atoms with van der Waals surface area (Å²) < 4.78 is 15.0. The van der Waals surface area contributed by atoms with Gasteiger partial charge in [-0.2, -0.15) is 5.10 Å². The van der Waals surface area contributed by atoms with Gasteiger partial charge in [0.1, 0.15) is 5.82 Å². The van der Waals surface area contributed by atoms with Crippen LogP contribution in [0, 0.1) is 5.82 Å². The number of aliphatic hydroxyl groups excluding tert-OH is 1. The van der Waals surface area contributed by atoms with Crippen molar-refractivity contribution in [3.05, 3.63) is 53.6 Å². The molecule has 0 saturated carbocycles. The monoisotopic (exact) mass is 248 g/mol. The van der Waals surface area contributed by atoms with Crippen LogP contribution in [0.3, 0.4) is 0 Å². The molecular weight excluding hydrogens is 231 g/mol. The molecule has 1 aromatic carbocycles. The van der Waals surface area contributed by atoms with E-state index < -0.39 is 0 Å². The van der Waals surface area contributed by atoms with Gasteiger partial charge in [-0.25, -0.2) is 4.39 Å². The van der Waals surface area contributed by atoms with E-state index in [1.165, 1.54) is 12.1 Å². The number of benzene rings is 1. The van der Waals surface area contributed by atoms with Crippen molar-refractivity contribution in [1.29, 1.82) is 0 Å². The Bertz CT molecular complexity index is 510. The fourth-order valence-corrected chi connectivity index (χ4v) is 2.09. The van der Waals surface area contributed by atoms with Gasteiger partial charge in [-0.05, 0) is 36.6 Å². The highest BCUT2D eigenvalue weighted by atomic mass is 19.1. The Labute approximate surface area is 106 Å². The van der Waals surface area contributed by atoms with E-state index in [4.69, 9.17) is 0 Å². The molecule has 1 atom stereocenters. The highest BCUT2D eigenvalue weighted by Crippen LogP contribution is 2.21. The summed E-state index contributed by atoms with van der Waals surface area (Å²) in [6.45, 7) is 0.0291. The molecule has 1 unspecified atom stereocenters. The molecule has 2 rings (SSSR count). The van der Waals surface area contributed by atoms with Gasteiger partial charge in [0.05, 0.1) is 0 Å². The Morgan fingerprint density at radius 2 is 2.22 bits per heavy atom. The Morgan fingerprint density at radius 3 is 2.83 bits per heavy atom. The first-order valence-electron chi connectivity index (χ1n) is 6.04. The summed E-state index contributed by atoms with van der Waals surface area (Å²) >= 11 is 0. The summed E-state index contributed by atoms with van der Waals surface area (Å²) in [5.41, 5.74) is 1.96. The van der Waals surface area contributed by atoms with Gasteiger partial charge in [0, 0.05) is 31.5 Å². The van der Waals surface area contributed by atoms with E-state index in [2.05, 4.69) is 5.10 Å². The topological polar surface area (TPSA) is 38.0 Å². The summed E-state index contributed by atoms with van der Waals surface area (Å²) in [7, 11) is 1.89. The molecule has 96 valence electrons. The maximum Gasteiger partial charge on any atom is 0.123 e. The second kappa shape index (κ2) is 5.78. The lowest BCUT2D eigenvalue weighted by atomic mass is 9.94. The number of halogens is 1. The Hall–Kier alpha value is -1.68. The molecule has 2 aromatic rings. The number of aromatic nitrogens is 2. The predicted octanol–water partition coefficient (Wildman–Crippen LogP) is 2.27. The summed E-state index contributed by atoms with van der Waals surface area (Å²) in [6.07, 6.45) is 3.35. The third-order valence-corrected chi connectivity index (χ3v) is 3.21. The second-order valence-corrected chi connectivity index (χ2v) is 4.42. The molecule has 1 N–H and O–H groups in total. The zero-order valence-corrected chi connectivity index (χ0v) is 10.4. The lowest BCUT2D eigenvalue weighted by molar-refractivity contribution is 0.258. The van der Waals surface area contributed by atoms with Crippen molar-refractivity contribution in [3.63, 3.8) is 0 Å². The molecule has 3 nitrogen and oxygen atoms in total. The smallest absolute Gasteiger partial charge is 0.123 e. The van der Waals surface area contributed by atoms with Crippen LogP contribution in [0.2, 0.25) is 0 Å². The summed E-state index contributed by atoms with van der Waals surface area (Å²) in [6, 6.07) is 8.40. The third kappa shape index (κ3) is 2.96. The quantitative estimate of drug-likeness (QED) is 0.881. The molecule has 0 bridgehead atoms. The van der Waals surface area contributed by atoms with E-state index in [1.54, 1.807) is 12.3 Å². The van der Waals surface area contributed by atoms with Crippen molar-refractivity contribution in [3.8, 4) is 0 Å². The van der Waals surface area contributed by atoms with Crippen molar-refractivity contribution >= 4 is 0 Å². The molecule has 18 heavy (non-hydrogen) atoms. The van der Waals surface area contributed by atoms with Crippen LogP contribution in [0.15, 0.2) is 36.5 Å². The highest BCUT2D eigenvalue weighted by molar-refractivity contribution is 5.21. The van der Waals surface area contributed by atoms with Crippen LogP contribution in [0.5, 0.6) is 0 Å². The number of nitrogens with zero attached hydrogens (tertiary/aromatic N) is 2. The highest BCUT2D eigenvalue weighted by Gasteiger charge is 2.12. The average Bonchev–Trinajstić information content (AvgIpc) is 2.76. The lowest BCUT2D eigenvalue weighted by Crippen LogP contribution is -2.08. The van der Waals surface area contributed by atoms with Gasteiger partial charge in [0.25, 0.3) is 0 Å². The van der Waals surface area contributed by atoms with E-state index in [0.717, 1.165) is 24.1 Å². The molecule has 0 amide bonds. The molecule has 4 heteroatoms. The average molecular weight is 248 g/mol. The largest absolute Gasteiger partial charge is 0.396 e. The molecule has 1 aromatic heterocycles. The van der Waals surface area contributed by atoms with Gasteiger partial charge in [0.2, 0.25) is 0 Å². The van der Waals surface area contributed by atoms with Crippen LogP contribution in [0.4, 0.5) is 4.39 Å². The fraction of sp³-hybridized carbons (Fsp3) is 0.357. The number of hydrogen-bond acceptors (Lipinski definition) is 2. The van der Waals surface area contributed by atoms with Gasteiger partial charge in [-0.15, -0.1) is 0 Å². The Morgan fingerprint density at radius 1 is 1.39 bits per heavy atom. The minimum atomic E-state index is -0.258. The van der Waals surface area contributed by atoms with Gasteiger partial charge in [-0.3, -0.25) is 4.68 Å². The molecule has 0 aliphatic heterocycles. The SMILES string of the molecule is Cn1nccc1CCC(CO)c1cccc(F)c1. The van der Waals surface area contributed by atoms with Gasteiger partial charge in [0.15, 0.2) is 0 Å². The summed E-state index contributed by atoms with van der Waals surface area (Å²) in [5, 5.41) is 13.5. The van der Waals surface area contributed by atoms with E-state index in [-0.39, 0.29) is 18.3 Å². The number of aryl methyl sites for hydroxylation is 2. The zero-order valence-electron chi connectivity index (χ0n) is 10.4. The first-order chi connectivity index (χ1) is 8.70. The number of aliphatic hydroxyl groups is 1. The molecular formula is C14H17FN2O. The standard InChI is InChI=1S/C14H17FN2O/c1-17-14(7-8-16-17)6-5-12(10-18)11-3-2-4-13(15)9-11/h2-4,7-9,12,18H,5-6,10H2,1H3. The second-order valence-electron chi connectivity index (χ2n) is 4.42. The number of rotatable bonds is 5. The molecule has 1 heterocycles.